The molecule has 1 aromatic rings. The number of amides is 2. The first-order valence-corrected chi connectivity index (χ1v) is 7.05. The minimum absolute atomic E-state index is 0.0258. The van der Waals surface area contributed by atoms with Crippen molar-refractivity contribution in [3.8, 4) is 0 Å². The summed E-state index contributed by atoms with van der Waals surface area (Å²) in [6.07, 6.45) is 1.17. The second-order valence-electron chi connectivity index (χ2n) is 5.05. The van der Waals surface area contributed by atoms with Crippen LogP contribution >= 0.6 is 0 Å². The zero-order valence-electron chi connectivity index (χ0n) is 11.9. The molecule has 1 N–H and O–H groups in total. The SMILES string of the molecule is CCCNC(CN1C(=O)CCC1=O)c1cccc(F)c1F. The highest BCUT2D eigenvalue weighted by Crippen LogP contribution is 2.23. The molecule has 114 valence electrons. The monoisotopic (exact) mass is 296 g/mol. The van der Waals surface area contributed by atoms with E-state index in [0.29, 0.717) is 6.54 Å². The maximum Gasteiger partial charge on any atom is 0.229 e. The van der Waals surface area contributed by atoms with Crippen molar-refractivity contribution in [3.05, 3.63) is 35.4 Å². The molecule has 4 nitrogen and oxygen atoms in total. The molecule has 1 atom stereocenters. The third kappa shape index (κ3) is 3.44. The van der Waals surface area contributed by atoms with Gasteiger partial charge in [0.2, 0.25) is 11.8 Å². The zero-order valence-corrected chi connectivity index (χ0v) is 11.9. The number of halogens is 2. The molecule has 21 heavy (non-hydrogen) atoms. The van der Waals surface area contributed by atoms with E-state index in [1.165, 1.54) is 12.1 Å². The minimum Gasteiger partial charge on any atom is -0.308 e. The Morgan fingerprint density at radius 2 is 1.90 bits per heavy atom. The van der Waals surface area contributed by atoms with Gasteiger partial charge in [0.25, 0.3) is 0 Å². The van der Waals surface area contributed by atoms with Crippen molar-refractivity contribution in [1.29, 1.82) is 0 Å². The number of nitrogens with one attached hydrogen (secondary N) is 1. The highest BCUT2D eigenvalue weighted by molar-refractivity contribution is 6.01. The Bertz CT molecular complexity index is 532. The Labute approximate surface area is 122 Å². The summed E-state index contributed by atoms with van der Waals surface area (Å²) in [5.41, 5.74) is 0.135. The molecule has 1 aliphatic rings. The van der Waals surface area contributed by atoms with Crippen molar-refractivity contribution < 1.29 is 18.4 Å². The van der Waals surface area contributed by atoms with Crippen LogP contribution in [0.5, 0.6) is 0 Å². The average Bonchev–Trinajstić information content (AvgIpc) is 2.78. The van der Waals surface area contributed by atoms with Crippen LogP contribution < -0.4 is 5.32 Å². The highest BCUT2D eigenvalue weighted by atomic mass is 19.2. The Kier molecular flexibility index (Phi) is 5.01. The van der Waals surface area contributed by atoms with Gasteiger partial charge in [0, 0.05) is 24.9 Å². The van der Waals surface area contributed by atoms with Crippen LogP contribution in [0.1, 0.15) is 37.8 Å². The molecule has 1 unspecified atom stereocenters. The van der Waals surface area contributed by atoms with E-state index in [4.69, 9.17) is 0 Å². The molecule has 0 aromatic heterocycles. The van der Waals surface area contributed by atoms with Gasteiger partial charge in [-0.15, -0.1) is 0 Å². The van der Waals surface area contributed by atoms with E-state index in [-0.39, 0.29) is 36.8 Å². The number of imide groups is 1. The van der Waals surface area contributed by atoms with Gasteiger partial charge in [-0.25, -0.2) is 8.78 Å². The van der Waals surface area contributed by atoms with Crippen LogP contribution in [-0.2, 0) is 9.59 Å². The molecule has 0 radical (unpaired) electrons. The fourth-order valence-corrected chi connectivity index (χ4v) is 2.39. The lowest BCUT2D eigenvalue weighted by Crippen LogP contribution is -2.39. The third-order valence-electron chi connectivity index (χ3n) is 3.52. The highest BCUT2D eigenvalue weighted by Gasteiger charge is 2.32. The van der Waals surface area contributed by atoms with Crippen molar-refractivity contribution in [2.24, 2.45) is 0 Å². The Hall–Kier alpha value is -1.82. The van der Waals surface area contributed by atoms with E-state index in [0.717, 1.165) is 17.4 Å². The number of hydrogen-bond acceptors (Lipinski definition) is 3. The maximum absolute atomic E-state index is 13.9. The molecule has 2 amide bonds. The summed E-state index contributed by atoms with van der Waals surface area (Å²) in [6.45, 7) is 2.55. The topological polar surface area (TPSA) is 49.4 Å². The average molecular weight is 296 g/mol. The molecule has 0 saturated carbocycles. The Morgan fingerprint density at radius 3 is 2.52 bits per heavy atom. The first kappa shape index (κ1) is 15.6. The lowest BCUT2D eigenvalue weighted by molar-refractivity contribution is -0.138. The predicted molar refractivity (Wildman–Crippen MR) is 73.3 cm³/mol. The minimum atomic E-state index is -0.940. The molecular formula is C15H18F2N2O2. The summed E-state index contributed by atoms with van der Waals surface area (Å²) in [7, 11) is 0. The van der Waals surface area contributed by atoms with Gasteiger partial charge in [-0.05, 0) is 19.0 Å². The van der Waals surface area contributed by atoms with Gasteiger partial charge in [0.05, 0.1) is 6.04 Å². The molecule has 0 aliphatic carbocycles. The number of likely N-dealkylation sites (tertiary alicyclic amines) is 1. The van der Waals surface area contributed by atoms with E-state index in [2.05, 4.69) is 5.32 Å². The number of nitrogens with zero attached hydrogens (tertiary/aromatic N) is 1. The fraction of sp³-hybridized carbons (Fsp3) is 0.467. The van der Waals surface area contributed by atoms with Crippen molar-refractivity contribution >= 4 is 11.8 Å². The van der Waals surface area contributed by atoms with E-state index in [9.17, 15) is 18.4 Å². The normalized spacial score (nSPS) is 16.6. The zero-order chi connectivity index (χ0) is 15.4. The molecule has 1 saturated heterocycles. The van der Waals surface area contributed by atoms with Gasteiger partial charge in [0.15, 0.2) is 11.6 Å². The number of rotatable bonds is 6. The second kappa shape index (κ2) is 6.76. The summed E-state index contributed by atoms with van der Waals surface area (Å²) in [4.78, 5) is 24.5. The number of benzene rings is 1. The van der Waals surface area contributed by atoms with E-state index in [1.54, 1.807) is 0 Å². The lowest BCUT2D eigenvalue weighted by Gasteiger charge is -2.24. The van der Waals surface area contributed by atoms with Crippen molar-refractivity contribution in [2.45, 2.75) is 32.2 Å². The maximum atomic E-state index is 13.9. The molecule has 0 bridgehead atoms. The Balaban J connectivity index is 2.23. The number of carbonyl (C=O) groups is 2. The first-order valence-electron chi connectivity index (χ1n) is 7.05. The molecule has 1 aliphatic heterocycles. The van der Waals surface area contributed by atoms with Crippen molar-refractivity contribution in [2.75, 3.05) is 13.1 Å². The Morgan fingerprint density at radius 1 is 1.24 bits per heavy atom. The molecular weight excluding hydrogens is 278 g/mol. The van der Waals surface area contributed by atoms with Crippen molar-refractivity contribution in [3.63, 3.8) is 0 Å². The van der Waals surface area contributed by atoms with Gasteiger partial charge < -0.3 is 5.32 Å². The van der Waals surface area contributed by atoms with Crippen LogP contribution in [0.3, 0.4) is 0 Å². The van der Waals surface area contributed by atoms with Crippen LogP contribution in [-0.4, -0.2) is 29.8 Å². The van der Waals surface area contributed by atoms with E-state index in [1.807, 2.05) is 6.92 Å². The van der Waals surface area contributed by atoms with Gasteiger partial charge >= 0.3 is 0 Å². The second-order valence-corrected chi connectivity index (χ2v) is 5.05. The molecule has 1 aromatic carbocycles. The van der Waals surface area contributed by atoms with E-state index < -0.39 is 17.7 Å². The fourth-order valence-electron chi connectivity index (χ4n) is 2.39. The largest absolute Gasteiger partial charge is 0.308 e. The van der Waals surface area contributed by atoms with Gasteiger partial charge in [-0.1, -0.05) is 19.1 Å². The van der Waals surface area contributed by atoms with Crippen LogP contribution in [0.4, 0.5) is 8.78 Å². The smallest absolute Gasteiger partial charge is 0.229 e. The summed E-state index contributed by atoms with van der Waals surface area (Å²) in [5.74, 6) is -2.40. The molecule has 0 spiro atoms. The lowest BCUT2D eigenvalue weighted by atomic mass is 10.0. The molecule has 2 rings (SSSR count). The van der Waals surface area contributed by atoms with Gasteiger partial charge in [-0.2, -0.15) is 0 Å². The molecule has 1 fully saturated rings. The predicted octanol–water partition coefficient (Wildman–Crippen LogP) is 2.15. The number of hydrogen-bond donors (Lipinski definition) is 1. The van der Waals surface area contributed by atoms with Gasteiger partial charge in [0.1, 0.15) is 0 Å². The molecule has 6 heteroatoms. The van der Waals surface area contributed by atoms with Crippen LogP contribution in [0.15, 0.2) is 18.2 Å². The number of carbonyl (C=O) groups excluding carboxylic acids is 2. The molecule has 1 heterocycles. The van der Waals surface area contributed by atoms with Crippen LogP contribution in [0.2, 0.25) is 0 Å². The van der Waals surface area contributed by atoms with Gasteiger partial charge in [-0.3, -0.25) is 14.5 Å². The summed E-state index contributed by atoms with van der Waals surface area (Å²) < 4.78 is 27.3. The first-order chi connectivity index (χ1) is 10.0. The van der Waals surface area contributed by atoms with E-state index >= 15 is 0 Å². The standard InChI is InChI=1S/C15H18F2N2O2/c1-2-8-18-12(9-19-13(20)6-7-14(19)21)10-4-3-5-11(16)15(10)17/h3-5,12,18H,2,6-9H2,1H3. The van der Waals surface area contributed by atoms with Crippen LogP contribution in [0.25, 0.3) is 0 Å². The summed E-state index contributed by atoms with van der Waals surface area (Å²) in [6, 6.07) is 3.33. The quantitative estimate of drug-likeness (QED) is 0.818. The summed E-state index contributed by atoms with van der Waals surface area (Å²) in [5, 5.41) is 3.07. The third-order valence-corrected chi connectivity index (χ3v) is 3.52. The van der Waals surface area contributed by atoms with Crippen LogP contribution in [0, 0.1) is 11.6 Å². The summed E-state index contributed by atoms with van der Waals surface area (Å²) >= 11 is 0. The van der Waals surface area contributed by atoms with Crippen molar-refractivity contribution in [1.82, 2.24) is 10.2 Å².